The minimum Gasteiger partial charge on any atom is -0.356 e. The summed E-state index contributed by atoms with van der Waals surface area (Å²) in [5.74, 6) is 0.806. The van der Waals surface area contributed by atoms with Crippen LogP contribution in [0.5, 0.6) is 0 Å². The molecule has 0 aromatic carbocycles. The molecule has 0 unspecified atom stereocenters. The number of thioether (sulfide) groups is 1. The van der Waals surface area contributed by atoms with Crippen LogP contribution < -0.4 is 4.90 Å². The van der Waals surface area contributed by atoms with Gasteiger partial charge in [-0.05, 0) is 37.5 Å². The predicted octanol–water partition coefficient (Wildman–Crippen LogP) is 3.64. The smallest absolute Gasteiger partial charge is 0.190 e. The van der Waals surface area contributed by atoms with Gasteiger partial charge in [-0.2, -0.15) is 0 Å². The molecule has 0 radical (unpaired) electrons. The van der Waals surface area contributed by atoms with E-state index in [0.29, 0.717) is 0 Å². The van der Waals surface area contributed by atoms with Crippen LogP contribution in [0.1, 0.15) is 36.1 Å². The first-order valence-electron chi connectivity index (χ1n) is 9.17. The lowest BCUT2D eigenvalue weighted by Gasteiger charge is -2.38. The number of hydrogen-bond donors (Lipinski definition) is 0. The first-order chi connectivity index (χ1) is 12.3. The highest BCUT2D eigenvalue weighted by Gasteiger charge is 2.40. The van der Waals surface area contributed by atoms with Gasteiger partial charge >= 0.3 is 0 Å². The number of hydrogen-bond acceptors (Lipinski definition) is 7. The van der Waals surface area contributed by atoms with Gasteiger partial charge in [-0.1, -0.05) is 11.8 Å². The number of nitrogens with zero attached hydrogens (tertiary/aromatic N) is 3. The van der Waals surface area contributed by atoms with Crippen molar-refractivity contribution in [3.8, 4) is 0 Å². The van der Waals surface area contributed by atoms with E-state index in [4.69, 9.17) is 19.4 Å². The Bertz CT molecular complexity index is 791. The van der Waals surface area contributed by atoms with Gasteiger partial charge in [-0.15, -0.1) is 11.3 Å². The molecular formula is C18H23N3O2S2. The van der Waals surface area contributed by atoms with Crippen molar-refractivity contribution in [2.75, 3.05) is 37.5 Å². The molecular weight excluding hydrogens is 354 g/mol. The van der Waals surface area contributed by atoms with Crippen LogP contribution in [0.4, 0.5) is 5.82 Å². The fraction of sp³-hybridized carbons (Fsp3) is 0.667. The number of anilines is 1. The Hall–Kier alpha value is -0.890. The number of ether oxygens (including phenoxy) is 2. The first kappa shape index (κ1) is 16.3. The maximum atomic E-state index is 5.89. The molecule has 0 atom stereocenters. The van der Waals surface area contributed by atoms with E-state index in [1.54, 1.807) is 11.8 Å². The zero-order valence-electron chi connectivity index (χ0n) is 14.5. The monoisotopic (exact) mass is 377 g/mol. The highest BCUT2D eigenvalue weighted by molar-refractivity contribution is 7.98. The van der Waals surface area contributed by atoms with Crippen molar-refractivity contribution in [3.05, 3.63) is 10.4 Å². The molecule has 2 aromatic rings. The van der Waals surface area contributed by atoms with E-state index in [1.165, 1.54) is 46.3 Å². The summed E-state index contributed by atoms with van der Waals surface area (Å²) in [5, 5.41) is 2.21. The number of fused-ring (bicyclic) bond motifs is 3. The molecule has 0 saturated carbocycles. The van der Waals surface area contributed by atoms with Crippen LogP contribution in [0.3, 0.4) is 0 Å². The van der Waals surface area contributed by atoms with Crippen LogP contribution in [-0.4, -0.2) is 48.3 Å². The molecule has 0 bridgehead atoms. The minimum absolute atomic E-state index is 0.334. The first-order valence-corrected chi connectivity index (χ1v) is 11.2. The summed E-state index contributed by atoms with van der Waals surface area (Å²) in [5.41, 5.74) is 1.52. The van der Waals surface area contributed by atoms with Crippen LogP contribution in [0.15, 0.2) is 5.16 Å². The molecule has 7 heteroatoms. The Labute approximate surface area is 156 Å². The molecule has 25 heavy (non-hydrogen) atoms. The molecule has 2 aromatic heterocycles. The van der Waals surface area contributed by atoms with E-state index in [-0.39, 0.29) is 5.79 Å². The van der Waals surface area contributed by atoms with Crippen LogP contribution >= 0.6 is 23.1 Å². The Balaban J connectivity index is 1.54. The average molecular weight is 378 g/mol. The third-order valence-corrected chi connectivity index (χ3v) is 7.33. The Morgan fingerprint density at radius 2 is 1.84 bits per heavy atom. The molecule has 4 heterocycles. The zero-order valence-corrected chi connectivity index (χ0v) is 16.2. The second-order valence-corrected chi connectivity index (χ2v) is 8.88. The highest BCUT2D eigenvalue weighted by atomic mass is 32.2. The molecule has 1 spiro atoms. The Morgan fingerprint density at radius 1 is 1.08 bits per heavy atom. The van der Waals surface area contributed by atoms with E-state index in [1.807, 2.05) is 11.3 Å². The fourth-order valence-electron chi connectivity index (χ4n) is 4.28. The number of rotatable bonds is 2. The van der Waals surface area contributed by atoms with Gasteiger partial charge in [-0.3, -0.25) is 0 Å². The lowest BCUT2D eigenvalue weighted by molar-refractivity contribution is -0.169. The molecule has 0 N–H and O–H groups in total. The third-order valence-electron chi connectivity index (χ3n) is 5.60. The number of aromatic nitrogens is 2. The molecule has 5 rings (SSSR count). The molecule has 2 fully saturated rings. The van der Waals surface area contributed by atoms with Gasteiger partial charge in [-0.25, -0.2) is 9.97 Å². The fourth-order valence-corrected chi connectivity index (χ4v) is 5.96. The molecule has 1 aliphatic carbocycles. The molecule has 2 aliphatic heterocycles. The van der Waals surface area contributed by atoms with Gasteiger partial charge in [0.25, 0.3) is 0 Å². The minimum atomic E-state index is -0.334. The summed E-state index contributed by atoms with van der Waals surface area (Å²) in [7, 11) is 0. The summed E-state index contributed by atoms with van der Waals surface area (Å²) < 4.78 is 11.8. The van der Waals surface area contributed by atoms with Crippen molar-refractivity contribution in [1.29, 1.82) is 0 Å². The van der Waals surface area contributed by atoms with Crippen molar-refractivity contribution < 1.29 is 9.47 Å². The Kier molecular flexibility index (Phi) is 4.15. The van der Waals surface area contributed by atoms with Crippen LogP contribution in [0.25, 0.3) is 10.2 Å². The molecule has 134 valence electrons. The summed E-state index contributed by atoms with van der Waals surface area (Å²) in [6, 6.07) is 0. The normalized spacial score (nSPS) is 22.7. The summed E-state index contributed by atoms with van der Waals surface area (Å²) in [6.07, 6.45) is 8.86. The van der Waals surface area contributed by atoms with Gasteiger partial charge in [0.15, 0.2) is 10.9 Å². The molecule has 3 aliphatic rings. The summed E-state index contributed by atoms with van der Waals surface area (Å²) >= 11 is 3.52. The molecule has 0 amide bonds. The average Bonchev–Trinajstić information content (AvgIpc) is 3.26. The van der Waals surface area contributed by atoms with Crippen LogP contribution in [0, 0.1) is 0 Å². The van der Waals surface area contributed by atoms with Crippen molar-refractivity contribution in [2.45, 2.75) is 49.5 Å². The maximum Gasteiger partial charge on any atom is 0.190 e. The SMILES string of the molecule is CSc1nc(N2CCC3(CC2)OCCO3)c2c3c(sc2n1)CCCC3. The number of thiophene rings is 1. The van der Waals surface area contributed by atoms with E-state index in [0.717, 1.165) is 50.1 Å². The van der Waals surface area contributed by atoms with Gasteiger partial charge in [0.2, 0.25) is 0 Å². The molecule has 5 nitrogen and oxygen atoms in total. The second-order valence-electron chi connectivity index (χ2n) is 7.02. The lowest BCUT2D eigenvalue weighted by Crippen LogP contribution is -2.45. The van der Waals surface area contributed by atoms with Crippen molar-refractivity contribution >= 4 is 39.1 Å². The third kappa shape index (κ3) is 2.76. The largest absolute Gasteiger partial charge is 0.356 e. The van der Waals surface area contributed by atoms with Gasteiger partial charge in [0.1, 0.15) is 10.6 Å². The van der Waals surface area contributed by atoms with Gasteiger partial charge in [0, 0.05) is 30.8 Å². The van der Waals surface area contributed by atoms with Crippen LogP contribution in [-0.2, 0) is 22.3 Å². The standard InChI is InChI=1S/C18H23N3O2S2/c1-24-17-19-15(21-8-6-18(7-9-21)22-10-11-23-18)14-12-4-2-3-5-13(12)25-16(14)20-17/h2-11H2,1H3. The lowest BCUT2D eigenvalue weighted by atomic mass is 9.96. The number of piperidine rings is 1. The summed E-state index contributed by atoms with van der Waals surface area (Å²) in [4.78, 5) is 14.9. The van der Waals surface area contributed by atoms with Gasteiger partial charge in [0.05, 0.1) is 18.6 Å². The number of aryl methyl sites for hydroxylation is 2. The van der Waals surface area contributed by atoms with E-state index < -0.39 is 0 Å². The van der Waals surface area contributed by atoms with Crippen molar-refractivity contribution in [2.24, 2.45) is 0 Å². The van der Waals surface area contributed by atoms with E-state index >= 15 is 0 Å². The molecule has 2 saturated heterocycles. The van der Waals surface area contributed by atoms with E-state index in [2.05, 4.69) is 11.2 Å². The van der Waals surface area contributed by atoms with Gasteiger partial charge < -0.3 is 14.4 Å². The second kappa shape index (κ2) is 6.37. The Morgan fingerprint density at radius 3 is 2.60 bits per heavy atom. The van der Waals surface area contributed by atoms with Crippen LogP contribution in [0.2, 0.25) is 0 Å². The van der Waals surface area contributed by atoms with E-state index in [9.17, 15) is 0 Å². The highest BCUT2D eigenvalue weighted by Crippen LogP contribution is 2.42. The zero-order chi connectivity index (χ0) is 16.9. The predicted molar refractivity (Wildman–Crippen MR) is 102 cm³/mol. The quantitative estimate of drug-likeness (QED) is 0.588. The van der Waals surface area contributed by atoms with Crippen molar-refractivity contribution in [1.82, 2.24) is 9.97 Å². The summed E-state index contributed by atoms with van der Waals surface area (Å²) in [6.45, 7) is 3.33. The maximum absolute atomic E-state index is 5.89. The van der Waals surface area contributed by atoms with Crippen molar-refractivity contribution in [3.63, 3.8) is 0 Å². The topological polar surface area (TPSA) is 47.5 Å².